The number of carboxylic acids is 1. The van der Waals surface area contributed by atoms with Gasteiger partial charge >= 0.3 is 5.97 Å². The molecule has 1 fully saturated rings. The molecule has 1 amide bonds. The first-order valence-electron chi connectivity index (χ1n) is 13.6. The molecule has 1 aliphatic carbocycles. The molecule has 1 aliphatic rings. The van der Waals surface area contributed by atoms with Crippen molar-refractivity contribution in [3.05, 3.63) is 88.2 Å². The number of amides is 1. The zero-order chi connectivity index (χ0) is 32.5. The Labute approximate surface area is 250 Å². The smallest absolute Gasteiger partial charge is 0.339 e. The van der Waals surface area contributed by atoms with Gasteiger partial charge in [0.2, 0.25) is 21.7 Å². The molecule has 0 saturated heterocycles. The number of aromatic hydroxyl groups is 1. The molecule has 0 aliphatic heterocycles. The van der Waals surface area contributed by atoms with Gasteiger partial charge in [-0.05, 0) is 48.9 Å². The topological polar surface area (TPSA) is 115 Å². The Kier molecular flexibility index (Phi) is 9.64. The van der Waals surface area contributed by atoms with E-state index in [0.29, 0.717) is 11.5 Å². The second kappa shape index (κ2) is 12.9. The Hall–Kier alpha value is -4.04. The molecular formula is C30H29F5N2O6S. The SMILES string of the molecule is C[C@@H](C(=O)N(Cc1ccc(C2CCCCC2)cc1)c1ccc(C(=O)O)c(O)c1)N(C)S(=O)(=O)c1c(F)c(F)c(F)c(F)c1F. The van der Waals surface area contributed by atoms with Crippen molar-refractivity contribution in [1.29, 1.82) is 0 Å². The normalized spacial score (nSPS) is 14.9. The number of likely N-dealkylation sites (N-methyl/N-ethyl adjacent to an activating group) is 1. The molecule has 236 valence electrons. The van der Waals surface area contributed by atoms with Gasteiger partial charge in [0.05, 0.1) is 6.54 Å². The summed E-state index contributed by atoms with van der Waals surface area (Å²) in [7, 11) is -4.74. The van der Waals surface area contributed by atoms with Gasteiger partial charge in [-0.2, -0.15) is 4.31 Å². The monoisotopic (exact) mass is 640 g/mol. The van der Waals surface area contributed by atoms with Gasteiger partial charge in [-0.1, -0.05) is 43.5 Å². The van der Waals surface area contributed by atoms with Gasteiger partial charge in [0.1, 0.15) is 17.4 Å². The molecular weight excluding hydrogens is 611 g/mol. The van der Waals surface area contributed by atoms with Gasteiger partial charge in [0, 0.05) is 18.8 Å². The highest BCUT2D eigenvalue weighted by Crippen LogP contribution is 2.34. The Balaban J connectivity index is 1.71. The molecule has 14 heteroatoms. The van der Waals surface area contributed by atoms with Crippen LogP contribution in [0.4, 0.5) is 27.6 Å². The van der Waals surface area contributed by atoms with Gasteiger partial charge in [-0.15, -0.1) is 0 Å². The molecule has 0 spiro atoms. The van der Waals surface area contributed by atoms with E-state index < -0.39 is 73.2 Å². The summed E-state index contributed by atoms with van der Waals surface area (Å²) in [6.45, 7) is 0.826. The third-order valence-corrected chi connectivity index (χ3v) is 9.84. The van der Waals surface area contributed by atoms with E-state index in [1.165, 1.54) is 12.5 Å². The van der Waals surface area contributed by atoms with Crippen LogP contribution in [0.3, 0.4) is 0 Å². The van der Waals surface area contributed by atoms with E-state index in [9.17, 15) is 50.2 Å². The van der Waals surface area contributed by atoms with E-state index in [1.807, 2.05) is 12.1 Å². The summed E-state index contributed by atoms with van der Waals surface area (Å²) < 4.78 is 96.6. The van der Waals surface area contributed by atoms with Crippen LogP contribution in [0, 0.1) is 29.1 Å². The van der Waals surface area contributed by atoms with Crippen molar-refractivity contribution >= 4 is 27.6 Å². The van der Waals surface area contributed by atoms with Crippen LogP contribution in [0.25, 0.3) is 0 Å². The molecule has 1 atom stereocenters. The van der Waals surface area contributed by atoms with Crippen LogP contribution in [0.2, 0.25) is 0 Å². The molecule has 0 radical (unpaired) electrons. The third-order valence-electron chi connectivity index (χ3n) is 7.90. The highest BCUT2D eigenvalue weighted by Gasteiger charge is 2.40. The lowest BCUT2D eigenvalue weighted by molar-refractivity contribution is -0.121. The van der Waals surface area contributed by atoms with Crippen LogP contribution < -0.4 is 4.90 Å². The predicted octanol–water partition coefficient (Wildman–Crippen LogP) is 6.08. The predicted molar refractivity (Wildman–Crippen MR) is 149 cm³/mol. The fourth-order valence-electron chi connectivity index (χ4n) is 5.22. The minimum absolute atomic E-state index is 0.0530. The summed E-state index contributed by atoms with van der Waals surface area (Å²) in [5.74, 6) is -15.4. The summed E-state index contributed by atoms with van der Waals surface area (Å²) in [6.07, 6.45) is 5.49. The lowest BCUT2D eigenvalue weighted by Crippen LogP contribution is -2.48. The van der Waals surface area contributed by atoms with Gasteiger partial charge in [0.15, 0.2) is 28.2 Å². The number of rotatable bonds is 9. The first-order chi connectivity index (χ1) is 20.7. The highest BCUT2D eigenvalue weighted by atomic mass is 32.2. The van der Waals surface area contributed by atoms with Crippen LogP contribution >= 0.6 is 0 Å². The van der Waals surface area contributed by atoms with Crippen molar-refractivity contribution < 1.29 is 50.2 Å². The quantitative estimate of drug-likeness (QED) is 0.167. The highest BCUT2D eigenvalue weighted by molar-refractivity contribution is 7.89. The van der Waals surface area contributed by atoms with E-state index in [-0.39, 0.29) is 16.5 Å². The van der Waals surface area contributed by atoms with E-state index in [4.69, 9.17) is 0 Å². The first-order valence-corrected chi connectivity index (χ1v) is 15.1. The van der Waals surface area contributed by atoms with Crippen LogP contribution in [0.5, 0.6) is 5.75 Å². The molecule has 8 nitrogen and oxygen atoms in total. The summed E-state index contributed by atoms with van der Waals surface area (Å²) in [6, 6.07) is 8.75. The van der Waals surface area contributed by atoms with Crippen LogP contribution in [0.1, 0.15) is 66.4 Å². The molecule has 2 N–H and O–H groups in total. The number of carbonyl (C=O) groups excluding carboxylic acids is 1. The number of hydrogen-bond acceptors (Lipinski definition) is 5. The standard InChI is InChI=1S/C30H29F5N2O6S/c1-16(36(2)44(42,43)28-26(34)24(32)23(31)25(33)27(28)35)29(39)37(20-12-13-21(30(40)41)22(38)14-20)15-17-8-10-19(11-9-17)18-6-4-3-5-7-18/h8-14,16,18,38H,3-7,15H2,1-2H3,(H,40,41)/t16-/m0/s1. The molecule has 4 rings (SSSR count). The summed E-state index contributed by atoms with van der Waals surface area (Å²) >= 11 is 0. The fourth-order valence-corrected chi connectivity index (χ4v) is 6.65. The van der Waals surface area contributed by atoms with Gasteiger partial charge in [-0.25, -0.2) is 35.2 Å². The molecule has 1 saturated carbocycles. The number of anilines is 1. The zero-order valence-electron chi connectivity index (χ0n) is 23.7. The second-order valence-electron chi connectivity index (χ2n) is 10.6. The lowest BCUT2D eigenvalue weighted by atomic mass is 9.84. The van der Waals surface area contributed by atoms with Gasteiger partial charge in [-0.3, -0.25) is 4.79 Å². The summed E-state index contributed by atoms with van der Waals surface area (Å²) in [4.78, 5) is 24.1. The number of hydrogen-bond donors (Lipinski definition) is 2. The molecule has 0 heterocycles. The molecule has 3 aromatic carbocycles. The molecule has 3 aromatic rings. The van der Waals surface area contributed by atoms with Crippen molar-refractivity contribution in [1.82, 2.24) is 4.31 Å². The summed E-state index contributed by atoms with van der Waals surface area (Å²) in [5, 5.41) is 19.6. The van der Waals surface area contributed by atoms with Crippen molar-refractivity contribution in [3.63, 3.8) is 0 Å². The fraction of sp³-hybridized carbons (Fsp3) is 0.333. The number of nitrogens with zero attached hydrogens (tertiary/aromatic N) is 2. The molecule has 0 bridgehead atoms. The number of phenols is 1. The van der Waals surface area contributed by atoms with E-state index in [2.05, 4.69) is 0 Å². The van der Waals surface area contributed by atoms with Crippen molar-refractivity contribution in [3.8, 4) is 5.75 Å². The van der Waals surface area contributed by atoms with Gasteiger partial charge in [0.25, 0.3) is 0 Å². The lowest BCUT2D eigenvalue weighted by Gasteiger charge is -2.31. The Morgan fingerprint density at radius 2 is 1.43 bits per heavy atom. The van der Waals surface area contributed by atoms with E-state index in [0.717, 1.165) is 62.3 Å². The summed E-state index contributed by atoms with van der Waals surface area (Å²) in [5.41, 5.74) is 1.15. The van der Waals surface area contributed by atoms with Crippen LogP contribution in [0.15, 0.2) is 47.4 Å². The maximum atomic E-state index is 14.5. The van der Waals surface area contributed by atoms with E-state index >= 15 is 0 Å². The minimum Gasteiger partial charge on any atom is -0.507 e. The number of benzene rings is 3. The first kappa shape index (κ1) is 32.9. The van der Waals surface area contributed by atoms with Crippen LogP contribution in [-0.4, -0.2) is 47.9 Å². The molecule has 0 aromatic heterocycles. The Morgan fingerprint density at radius 1 is 0.886 bits per heavy atom. The van der Waals surface area contributed by atoms with Crippen molar-refractivity contribution in [2.45, 2.75) is 62.4 Å². The zero-order valence-corrected chi connectivity index (χ0v) is 24.5. The van der Waals surface area contributed by atoms with Crippen molar-refractivity contribution in [2.75, 3.05) is 11.9 Å². The third kappa shape index (κ3) is 6.27. The number of carboxylic acid groups (broad SMARTS) is 1. The average Bonchev–Trinajstić information content (AvgIpc) is 3.01. The molecule has 0 unspecified atom stereocenters. The maximum Gasteiger partial charge on any atom is 0.339 e. The Bertz CT molecular complexity index is 1670. The number of carbonyl (C=O) groups is 2. The second-order valence-corrected chi connectivity index (χ2v) is 12.5. The number of halogens is 5. The number of sulfonamides is 1. The minimum atomic E-state index is -5.48. The van der Waals surface area contributed by atoms with E-state index in [1.54, 1.807) is 12.1 Å². The number of aromatic carboxylic acids is 1. The van der Waals surface area contributed by atoms with Crippen LogP contribution in [-0.2, 0) is 21.4 Å². The average molecular weight is 641 g/mol. The van der Waals surface area contributed by atoms with Gasteiger partial charge < -0.3 is 15.1 Å². The maximum absolute atomic E-state index is 14.5. The Morgan fingerprint density at radius 3 is 1.95 bits per heavy atom. The van der Waals surface area contributed by atoms with Crippen molar-refractivity contribution in [2.24, 2.45) is 0 Å². The molecule has 44 heavy (non-hydrogen) atoms. The largest absolute Gasteiger partial charge is 0.507 e.